The average molecular weight is 531 g/mol. The number of pyridine rings is 1. The molecule has 0 amide bonds. The van der Waals surface area contributed by atoms with Crippen molar-refractivity contribution in [3.05, 3.63) is 80.8 Å². The molecular formula is C26H22F5N5O2. The van der Waals surface area contributed by atoms with Crippen LogP contribution in [0.4, 0.5) is 22.0 Å². The molecule has 1 aliphatic rings. The SMILES string of the molecule is Cc1nc2nc([C@@H]3CCO[C@H](c4ccc(=O)n(C)c4)C3)nc(-c3ccc(C(F)(F)F)c(F)c3F)c2nc1C. The fourth-order valence-corrected chi connectivity index (χ4v) is 4.52. The molecular weight excluding hydrogens is 509 g/mol. The summed E-state index contributed by atoms with van der Waals surface area (Å²) >= 11 is 0. The van der Waals surface area contributed by atoms with Gasteiger partial charge in [-0.2, -0.15) is 13.2 Å². The van der Waals surface area contributed by atoms with Gasteiger partial charge in [-0.1, -0.05) is 0 Å². The number of rotatable bonds is 3. The molecule has 1 saturated heterocycles. The van der Waals surface area contributed by atoms with Gasteiger partial charge in [-0.15, -0.1) is 0 Å². The van der Waals surface area contributed by atoms with E-state index < -0.39 is 28.9 Å². The predicted molar refractivity (Wildman–Crippen MR) is 127 cm³/mol. The molecule has 5 rings (SSSR count). The topological polar surface area (TPSA) is 82.8 Å². The van der Waals surface area contributed by atoms with E-state index in [1.807, 2.05) is 0 Å². The maximum absolute atomic E-state index is 15.1. The number of ether oxygens (including phenoxy) is 1. The summed E-state index contributed by atoms with van der Waals surface area (Å²) < 4.78 is 76.4. The number of fused-ring (bicyclic) bond motifs is 1. The minimum atomic E-state index is -5.06. The highest BCUT2D eigenvalue weighted by Gasteiger charge is 2.37. The number of nitrogens with zero attached hydrogens (tertiary/aromatic N) is 5. The Morgan fingerprint density at radius 2 is 1.71 bits per heavy atom. The van der Waals surface area contributed by atoms with Crippen LogP contribution in [0.3, 0.4) is 0 Å². The van der Waals surface area contributed by atoms with E-state index >= 15 is 4.39 Å². The van der Waals surface area contributed by atoms with E-state index in [0.717, 1.165) is 11.6 Å². The van der Waals surface area contributed by atoms with Crippen LogP contribution in [0.15, 0.2) is 35.3 Å². The van der Waals surface area contributed by atoms with Crippen LogP contribution in [0, 0.1) is 25.5 Å². The van der Waals surface area contributed by atoms with Crippen molar-refractivity contribution in [3.63, 3.8) is 0 Å². The lowest BCUT2D eigenvalue weighted by molar-refractivity contribution is -0.140. The lowest BCUT2D eigenvalue weighted by Gasteiger charge is -2.29. The predicted octanol–water partition coefficient (Wildman–Crippen LogP) is 5.33. The summed E-state index contributed by atoms with van der Waals surface area (Å²) in [6, 6.07) is 4.45. The van der Waals surface area contributed by atoms with Crippen molar-refractivity contribution in [1.29, 1.82) is 0 Å². The minimum Gasteiger partial charge on any atom is -0.373 e. The molecule has 0 saturated carbocycles. The van der Waals surface area contributed by atoms with Crippen LogP contribution in [0.25, 0.3) is 22.4 Å². The van der Waals surface area contributed by atoms with Crippen molar-refractivity contribution in [3.8, 4) is 11.3 Å². The minimum absolute atomic E-state index is 0.0524. The molecule has 0 spiro atoms. The molecule has 0 bridgehead atoms. The Balaban J connectivity index is 1.64. The highest BCUT2D eigenvalue weighted by atomic mass is 19.4. The molecule has 1 fully saturated rings. The second-order valence-electron chi connectivity index (χ2n) is 9.28. The lowest BCUT2D eigenvalue weighted by Crippen LogP contribution is -2.23. The van der Waals surface area contributed by atoms with Gasteiger partial charge in [0, 0.05) is 37.4 Å². The molecule has 1 aliphatic heterocycles. The number of alkyl halides is 3. The standard InChI is InChI=1S/C26H22F5N5O2/c1-12-13(2)33-25-23(32-12)22(16-5-6-17(26(29,30)31)21(28)20(16)27)34-24(35-25)14-8-9-38-18(10-14)15-4-7-19(37)36(3)11-15/h4-7,11,14,18H,8-10H2,1-3H3/t14-,18+/m1/s1. The van der Waals surface area contributed by atoms with Crippen molar-refractivity contribution in [1.82, 2.24) is 24.5 Å². The monoisotopic (exact) mass is 531 g/mol. The number of aromatic nitrogens is 5. The Labute approximate surface area is 213 Å². The Morgan fingerprint density at radius 1 is 0.974 bits per heavy atom. The van der Waals surface area contributed by atoms with Gasteiger partial charge in [0.2, 0.25) is 5.56 Å². The van der Waals surface area contributed by atoms with Crippen molar-refractivity contribution in [2.75, 3.05) is 6.61 Å². The molecule has 7 nitrogen and oxygen atoms in total. The fourth-order valence-electron chi connectivity index (χ4n) is 4.52. The van der Waals surface area contributed by atoms with Gasteiger partial charge in [-0.3, -0.25) is 4.79 Å². The summed E-state index contributed by atoms with van der Waals surface area (Å²) in [7, 11) is 1.63. The molecule has 3 aromatic heterocycles. The second kappa shape index (κ2) is 9.50. The van der Waals surface area contributed by atoms with Crippen LogP contribution in [0.1, 0.15) is 53.2 Å². The van der Waals surface area contributed by atoms with E-state index in [1.54, 1.807) is 33.2 Å². The molecule has 4 heterocycles. The Morgan fingerprint density at radius 3 is 2.42 bits per heavy atom. The summed E-state index contributed by atoms with van der Waals surface area (Å²) in [5, 5.41) is 0. The van der Waals surface area contributed by atoms with Crippen molar-refractivity contribution >= 4 is 11.2 Å². The first-order valence-electron chi connectivity index (χ1n) is 11.8. The van der Waals surface area contributed by atoms with Crippen molar-refractivity contribution < 1.29 is 26.7 Å². The summed E-state index contributed by atoms with van der Waals surface area (Å²) in [5.41, 5.74) is -0.488. The quantitative estimate of drug-likeness (QED) is 0.332. The smallest absolute Gasteiger partial charge is 0.373 e. The first-order chi connectivity index (χ1) is 17.9. The maximum Gasteiger partial charge on any atom is 0.419 e. The van der Waals surface area contributed by atoms with E-state index in [1.165, 1.54) is 10.6 Å². The molecule has 0 radical (unpaired) electrons. The largest absolute Gasteiger partial charge is 0.419 e. The summed E-state index contributed by atoms with van der Waals surface area (Å²) in [5.74, 6) is -3.72. The normalized spacial score (nSPS) is 18.2. The van der Waals surface area contributed by atoms with E-state index in [-0.39, 0.29) is 40.3 Å². The van der Waals surface area contributed by atoms with E-state index in [9.17, 15) is 22.4 Å². The van der Waals surface area contributed by atoms with Crippen LogP contribution in [0.5, 0.6) is 0 Å². The van der Waals surface area contributed by atoms with Gasteiger partial charge in [0.15, 0.2) is 17.3 Å². The molecule has 2 atom stereocenters. The number of halogens is 5. The molecule has 0 aliphatic carbocycles. The molecule has 4 aromatic rings. The molecule has 38 heavy (non-hydrogen) atoms. The number of benzene rings is 1. The fraction of sp³-hybridized carbons (Fsp3) is 0.346. The van der Waals surface area contributed by atoms with Gasteiger partial charge in [0.25, 0.3) is 0 Å². The van der Waals surface area contributed by atoms with Gasteiger partial charge in [0.05, 0.1) is 23.1 Å². The third-order valence-electron chi connectivity index (χ3n) is 6.73. The van der Waals surface area contributed by atoms with Gasteiger partial charge >= 0.3 is 6.18 Å². The number of hydrogen-bond donors (Lipinski definition) is 0. The lowest BCUT2D eigenvalue weighted by atomic mass is 9.91. The van der Waals surface area contributed by atoms with Crippen LogP contribution in [-0.4, -0.2) is 31.1 Å². The first kappa shape index (κ1) is 25.8. The Hall–Kier alpha value is -3.80. The van der Waals surface area contributed by atoms with Crippen LogP contribution < -0.4 is 5.56 Å². The second-order valence-corrected chi connectivity index (χ2v) is 9.28. The van der Waals surface area contributed by atoms with Gasteiger partial charge < -0.3 is 9.30 Å². The molecule has 1 aromatic carbocycles. The zero-order chi connectivity index (χ0) is 27.4. The van der Waals surface area contributed by atoms with E-state index in [2.05, 4.69) is 19.9 Å². The van der Waals surface area contributed by atoms with Gasteiger partial charge in [-0.05, 0) is 50.5 Å². The average Bonchev–Trinajstić information content (AvgIpc) is 2.87. The molecule has 0 unspecified atom stereocenters. The first-order valence-corrected chi connectivity index (χ1v) is 11.8. The van der Waals surface area contributed by atoms with E-state index in [4.69, 9.17) is 4.74 Å². The van der Waals surface area contributed by atoms with Gasteiger partial charge in [0.1, 0.15) is 17.0 Å². The summed E-state index contributed by atoms with van der Waals surface area (Å²) in [4.78, 5) is 29.7. The summed E-state index contributed by atoms with van der Waals surface area (Å²) in [6.07, 6.45) is -2.83. The number of hydrogen-bond acceptors (Lipinski definition) is 6. The third-order valence-corrected chi connectivity index (χ3v) is 6.73. The zero-order valence-corrected chi connectivity index (χ0v) is 20.6. The zero-order valence-electron chi connectivity index (χ0n) is 20.6. The van der Waals surface area contributed by atoms with Crippen molar-refractivity contribution in [2.24, 2.45) is 7.05 Å². The van der Waals surface area contributed by atoms with Crippen LogP contribution in [-0.2, 0) is 18.0 Å². The van der Waals surface area contributed by atoms with Crippen molar-refractivity contribution in [2.45, 2.75) is 44.9 Å². The number of aryl methyl sites for hydroxylation is 3. The van der Waals surface area contributed by atoms with Crippen LogP contribution >= 0.6 is 0 Å². The molecule has 12 heteroatoms. The highest BCUT2D eigenvalue weighted by Crippen LogP contribution is 2.39. The highest BCUT2D eigenvalue weighted by molar-refractivity contribution is 5.87. The van der Waals surface area contributed by atoms with Gasteiger partial charge in [-0.25, -0.2) is 28.7 Å². The molecule has 0 N–H and O–H groups in total. The Bertz CT molecular complexity index is 1620. The van der Waals surface area contributed by atoms with E-state index in [0.29, 0.717) is 36.9 Å². The molecule has 198 valence electrons. The summed E-state index contributed by atoms with van der Waals surface area (Å²) in [6.45, 7) is 3.72. The Kier molecular flexibility index (Phi) is 6.46. The van der Waals surface area contributed by atoms with Crippen LogP contribution in [0.2, 0.25) is 0 Å². The maximum atomic E-state index is 15.1. The third kappa shape index (κ3) is 4.64.